The van der Waals surface area contributed by atoms with E-state index in [1.165, 1.54) is 18.2 Å². The Morgan fingerprint density at radius 3 is 2.20 bits per heavy atom. The summed E-state index contributed by atoms with van der Waals surface area (Å²) < 4.78 is 29.8. The van der Waals surface area contributed by atoms with E-state index in [-0.39, 0.29) is 18.0 Å². The Hall–Kier alpha value is -1.91. The second kappa shape index (κ2) is 11.4. The fraction of sp³-hybridized carbons (Fsp3) is 0.640. The minimum absolute atomic E-state index is 0.143. The first kappa shape index (κ1) is 26.2. The molecule has 1 aromatic heterocycles. The van der Waals surface area contributed by atoms with E-state index >= 15 is 0 Å². The van der Waals surface area contributed by atoms with Crippen molar-refractivity contribution in [1.29, 1.82) is 0 Å². The second-order valence-electron chi connectivity index (χ2n) is 9.61. The van der Waals surface area contributed by atoms with Crippen molar-refractivity contribution in [2.45, 2.75) is 94.4 Å². The molecule has 2 aliphatic heterocycles. The minimum Gasteiger partial charge on any atom is -0.337 e. The SMILES string of the molecule is CCn1c(SCC(=O)N2[C@@H](C)CCC[C@@H]2C)nnc1-c1ccc(S(=O)(=O)N2CCCCCC2)cc1. The first-order valence-corrected chi connectivity index (χ1v) is 15.2. The Labute approximate surface area is 213 Å². The molecule has 0 bridgehead atoms. The maximum atomic E-state index is 13.1. The Balaban J connectivity index is 1.47. The van der Waals surface area contributed by atoms with Crippen LogP contribution in [-0.2, 0) is 21.4 Å². The number of carbonyl (C=O) groups excluding carboxylic acids is 1. The second-order valence-corrected chi connectivity index (χ2v) is 12.5. The molecule has 0 saturated carbocycles. The first-order chi connectivity index (χ1) is 16.8. The van der Waals surface area contributed by atoms with Gasteiger partial charge >= 0.3 is 0 Å². The lowest BCUT2D eigenvalue weighted by Crippen LogP contribution is -2.48. The van der Waals surface area contributed by atoms with Crippen molar-refractivity contribution in [2.24, 2.45) is 0 Å². The molecule has 0 N–H and O–H groups in total. The molecule has 0 spiro atoms. The van der Waals surface area contributed by atoms with E-state index < -0.39 is 10.0 Å². The van der Waals surface area contributed by atoms with E-state index in [9.17, 15) is 13.2 Å². The lowest BCUT2D eigenvalue weighted by atomic mass is 9.98. The van der Waals surface area contributed by atoms with Gasteiger partial charge in [-0.3, -0.25) is 4.79 Å². The van der Waals surface area contributed by atoms with Crippen LogP contribution in [0.2, 0.25) is 0 Å². The lowest BCUT2D eigenvalue weighted by molar-refractivity contribution is -0.134. The van der Waals surface area contributed by atoms with Crippen molar-refractivity contribution in [3.63, 3.8) is 0 Å². The molecular formula is C25H37N5O3S2. The smallest absolute Gasteiger partial charge is 0.243 e. The van der Waals surface area contributed by atoms with Crippen molar-refractivity contribution < 1.29 is 13.2 Å². The van der Waals surface area contributed by atoms with E-state index in [0.717, 1.165) is 44.1 Å². The Morgan fingerprint density at radius 1 is 0.971 bits per heavy atom. The third-order valence-electron chi connectivity index (χ3n) is 7.15. The molecule has 8 nitrogen and oxygen atoms in total. The van der Waals surface area contributed by atoms with E-state index in [0.29, 0.717) is 41.3 Å². The molecule has 0 radical (unpaired) electrons. The molecule has 0 unspecified atom stereocenters. The fourth-order valence-corrected chi connectivity index (χ4v) is 7.60. The highest BCUT2D eigenvalue weighted by Gasteiger charge is 2.29. The standard InChI is InChI=1S/C25H37N5O3S2/c1-4-29-24(26-27-25(29)34-18-23(31)30-19(2)10-9-11-20(30)3)21-12-14-22(15-13-21)35(32,33)28-16-7-5-6-8-17-28/h12-15,19-20H,4-11,16-18H2,1-3H3/t19-,20-/m0/s1. The van der Waals surface area contributed by atoms with Crippen LogP contribution in [0.25, 0.3) is 11.4 Å². The number of hydrogen-bond donors (Lipinski definition) is 0. The molecular weight excluding hydrogens is 482 g/mol. The maximum absolute atomic E-state index is 13.1. The number of nitrogens with zero attached hydrogens (tertiary/aromatic N) is 5. The largest absolute Gasteiger partial charge is 0.337 e. The zero-order valence-corrected chi connectivity index (χ0v) is 22.7. The third kappa shape index (κ3) is 5.75. The molecule has 2 atom stereocenters. The van der Waals surface area contributed by atoms with Crippen LogP contribution >= 0.6 is 11.8 Å². The van der Waals surface area contributed by atoms with Crippen LogP contribution in [0.15, 0.2) is 34.3 Å². The summed E-state index contributed by atoms with van der Waals surface area (Å²) in [6.07, 6.45) is 7.27. The topological polar surface area (TPSA) is 88.4 Å². The van der Waals surface area contributed by atoms with E-state index in [4.69, 9.17) is 0 Å². The molecule has 1 aromatic carbocycles. The van der Waals surface area contributed by atoms with Crippen LogP contribution in [0.4, 0.5) is 0 Å². The average molecular weight is 520 g/mol. The van der Waals surface area contributed by atoms with Gasteiger partial charge in [-0.25, -0.2) is 8.42 Å². The summed E-state index contributed by atoms with van der Waals surface area (Å²) in [4.78, 5) is 15.3. The number of likely N-dealkylation sites (tertiary alicyclic amines) is 1. The number of amides is 1. The molecule has 2 aliphatic rings. The van der Waals surface area contributed by atoms with Crippen molar-refractivity contribution in [2.75, 3.05) is 18.8 Å². The van der Waals surface area contributed by atoms with Gasteiger partial charge in [-0.05, 0) is 77.1 Å². The van der Waals surface area contributed by atoms with Gasteiger partial charge in [-0.1, -0.05) is 24.6 Å². The maximum Gasteiger partial charge on any atom is 0.243 e. The highest BCUT2D eigenvalue weighted by Crippen LogP contribution is 2.28. The Bertz CT molecular complexity index is 1100. The number of rotatable bonds is 7. The summed E-state index contributed by atoms with van der Waals surface area (Å²) >= 11 is 1.42. The molecule has 2 aromatic rings. The Kier molecular flexibility index (Phi) is 8.54. The van der Waals surface area contributed by atoms with E-state index in [1.807, 2.05) is 16.4 Å². The normalized spacial score (nSPS) is 22.2. The van der Waals surface area contributed by atoms with E-state index in [1.54, 1.807) is 28.6 Å². The number of aromatic nitrogens is 3. The van der Waals surface area contributed by atoms with Gasteiger partial charge in [0.15, 0.2) is 11.0 Å². The van der Waals surface area contributed by atoms with Crippen molar-refractivity contribution in [1.82, 2.24) is 24.0 Å². The van der Waals surface area contributed by atoms with E-state index in [2.05, 4.69) is 24.0 Å². The highest BCUT2D eigenvalue weighted by molar-refractivity contribution is 7.99. The number of sulfonamides is 1. The fourth-order valence-electron chi connectivity index (χ4n) is 5.21. The van der Waals surface area contributed by atoms with Crippen LogP contribution in [0.5, 0.6) is 0 Å². The van der Waals surface area contributed by atoms with Crippen LogP contribution in [0, 0.1) is 0 Å². The monoisotopic (exact) mass is 519 g/mol. The van der Waals surface area contributed by atoms with Gasteiger partial charge in [0.05, 0.1) is 10.6 Å². The number of benzene rings is 1. The molecule has 2 fully saturated rings. The predicted molar refractivity (Wildman–Crippen MR) is 139 cm³/mol. The number of carbonyl (C=O) groups is 1. The molecule has 10 heteroatoms. The zero-order valence-electron chi connectivity index (χ0n) is 21.0. The quantitative estimate of drug-likeness (QED) is 0.504. The van der Waals surface area contributed by atoms with Crippen molar-refractivity contribution >= 4 is 27.7 Å². The summed E-state index contributed by atoms with van der Waals surface area (Å²) in [5, 5.41) is 9.43. The zero-order chi connectivity index (χ0) is 25.0. The van der Waals surface area contributed by atoms with Gasteiger partial charge in [-0.2, -0.15) is 4.31 Å². The minimum atomic E-state index is -3.49. The van der Waals surface area contributed by atoms with Gasteiger partial charge in [0.2, 0.25) is 15.9 Å². The van der Waals surface area contributed by atoms with Crippen molar-refractivity contribution in [3.05, 3.63) is 24.3 Å². The lowest BCUT2D eigenvalue weighted by Gasteiger charge is -2.39. The summed E-state index contributed by atoms with van der Waals surface area (Å²) in [7, 11) is -3.49. The molecule has 1 amide bonds. The van der Waals surface area contributed by atoms with Gasteiger partial charge in [0.1, 0.15) is 0 Å². The van der Waals surface area contributed by atoms with Crippen LogP contribution in [0.1, 0.15) is 65.7 Å². The molecule has 2 saturated heterocycles. The molecule has 4 rings (SSSR count). The molecule has 35 heavy (non-hydrogen) atoms. The van der Waals surface area contributed by atoms with Crippen LogP contribution in [0.3, 0.4) is 0 Å². The number of piperidine rings is 1. The molecule has 0 aliphatic carbocycles. The first-order valence-electron chi connectivity index (χ1n) is 12.8. The molecule has 192 valence electrons. The summed E-state index contributed by atoms with van der Waals surface area (Å²) in [6, 6.07) is 7.49. The predicted octanol–water partition coefficient (Wildman–Crippen LogP) is 4.41. The van der Waals surface area contributed by atoms with Gasteiger partial charge < -0.3 is 9.47 Å². The summed E-state index contributed by atoms with van der Waals surface area (Å²) in [6.45, 7) is 8.10. The summed E-state index contributed by atoms with van der Waals surface area (Å²) in [5.41, 5.74) is 0.811. The van der Waals surface area contributed by atoms with Gasteiger partial charge in [0, 0.05) is 37.3 Å². The summed E-state index contributed by atoms with van der Waals surface area (Å²) in [5.74, 6) is 1.16. The average Bonchev–Trinajstić information content (AvgIpc) is 3.05. The number of thioether (sulfide) groups is 1. The van der Waals surface area contributed by atoms with Crippen molar-refractivity contribution in [3.8, 4) is 11.4 Å². The van der Waals surface area contributed by atoms with Gasteiger partial charge in [0.25, 0.3) is 0 Å². The van der Waals surface area contributed by atoms with Crippen LogP contribution < -0.4 is 0 Å². The van der Waals surface area contributed by atoms with Gasteiger partial charge in [-0.15, -0.1) is 10.2 Å². The van der Waals surface area contributed by atoms with Crippen LogP contribution in [-0.4, -0.2) is 69.2 Å². The molecule has 3 heterocycles. The third-order valence-corrected chi connectivity index (χ3v) is 10.0. The highest BCUT2D eigenvalue weighted by atomic mass is 32.2. The number of hydrogen-bond acceptors (Lipinski definition) is 6. The Morgan fingerprint density at radius 2 is 1.60 bits per heavy atom.